The van der Waals surface area contributed by atoms with Gasteiger partial charge in [-0.3, -0.25) is 0 Å². The maximum absolute atomic E-state index is 6.14. The SMILES string of the molecule is COC(Cc1cc[c]cc1)(Cc1ccccc1)C(Br)CCSC. The van der Waals surface area contributed by atoms with E-state index in [9.17, 15) is 0 Å². The summed E-state index contributed by atoms with van der Waals surface area (Å²) in [5.41, 5.74) is 2.35. The van der Waals surface area contributed by atoms with Gasteiger partial charge in [0, 0.05) is 24.8 Å². The van der Waals surface area contributed by atoms with Crippen LogP contribution in [-0.2, 0) is 17.6 Å². The molecule has 0 heterocycles. The molecule has 2 unspecified atom stereocenters. The third kappa shape index (κ3) is 5.37. The molecule has 0 spiro atoms. The van der Waals surface area contributed by atoms with Crippen molar-refractivity contribution in [2.75, 3.05) is 19.1 Å². The number of methoxy groups -OCH3 is 1. The molecule has 0 aromatic heterocycles. The molecule has 0 aliphatic rings. The summed E-state index contributed by atoms with van der Waals surface area (Å²) in [6.07, 6.45) is 5.02. The summed E-state index contributed by atoms with van der Waals surface area (Å²) in [6, 6.07) is 21.9. The highest BCUT2D eigenvalue weighted by Gasteiger charge is 2.37. The fourth-order valence-corrected chi connectivity index (χ4v) is 4.38. The molecule has 1 nitrogen and oxygen atoms in total. The van der Waals surface area contributed by atoms with E-state index in [2.05, 4.69) is 70.7 Å². The van der Waals surface area contributed by atoms with Crippen LogP contribution in [0.5, 0.6) is 0 Å². The quantitative estimate of drug-likeness (QED) is 0.545. The Labute approximate surface area is 153 Å². The summed E-state index contributed by atoms with van der Waals surface area (Å²) in [4.78, 5) is 0.303. The molecule has 1 radical (unpaired) electrons. The first kappa shape index (κ1) is 18.6. The molecule has 123 valence electrons. The van der Waals surface area contributed by atoms with Crippen LogP contribution in [0.15, 0.2) is 54.6 Å². The second kappa shape index (κ2) is 9.51. The molecule has 2 aromatic rings. The fourth-order valence-electron chi connectivity index (χ4n) is 2.87. The van der Waals surface area contributed by atoms with E-state index in [0.29, 0.717) is 4.83 Å². The van der Waals surface area contributed by atoms with Crippen molar-refractivity contribution in [1.82, 2.24) is 0 Å². The third-order valence-corrected chi connectivity index (χ3v) is 6.13. The maximum atomic E-state index is 6.14. The van der Waals surface area contributed by atoms with Crippen molar-refractivity contribution in [1.29, 1.82) is 0 Å². The van der Waals surface area contributed by atoms with Gasteiger partial charge in [-0.25, -0.2) is 0 Å². The van der Waals surface area contributed by atoms with Crippen molar-refractivity contribution >= 4 is 27.7 Å². The zero-order valence-electron chi connectivity index (χ0n) is 13.8. The van der Waals surface area contributed by atoms with Gasteiger partial charge in [0.05, 0.1) is 5.60 Å². The van der Waals surface area contributed by atoms with Crippen LogP contribution >= 0.6 is 27.7 Å². The third-order valence-electron chi connectivity index (χ3n) is 4.19. The van der Waals surface area contributed by atoms with Crippen LogP contribution in [0.2, 0.25) is 0 Å². The summed E-state index contributed by atoms with van der Waals surface area (Å²) in [5.74, 6) is 1.12. The first-order chi connectivity index (χ1) is 11.2. The fraction of sp³-hybridized carbons (Fsp3) is 0.400. The summed E-state index contributed by atoms with van der Waals surface area (Å²) in [6.45, 7) is 0. The Morgan fingerprint density at radius 3 is 2.26 bits per heavy atom. The summed E-state index contributed by atoms with van der Waals surface area (Å²) in [7, 11) is 1.84. The van der Waals surface area contributed by atoms with Crippen molar-refractivity contribution in [2.45, 2.75) is 29.7 Å². The molecular formula is C20H24BrOS. The Kier molecular flexibility index (Phi) is 7.68. The molecular weight excluding hydrogens is 368 g/mol. The van der Waals surface area contributed by atoms with Crippen molar-refractivity contribution in [3.8, 4) is 0 Å². The van der Waals surface area contributed by atoms with Gasteiger partial charge >= 0.3 is 0 Å². The highest BCUT2D eigenvalue weighted by molar-refractivity contribution is 9.09. The van der Waals surface area contributed by atoms with Crippen molar-refractivity contribution in [3.05, 3.63) is 71.8 Å². The molecule has 0 aliphatic heterocycles. The zero-order chi connectivity index (χ0) is 16.5. The number of alkyl halides is 1. The summed E-state index contributed by atoms with van der Waals surface area (Å²) < 4.78 is 6.14. The van der Waals surface area contributed by atoms with Gasteiger partial charge in [-0.2, -0.15) is 11.8 Å². The second-order valence-electron chi connectivity index (χ2n) is 5.77. The minimum atomic E-state index is -0.252. The van der Waals surface area contributed by atoms with Crippen molar-refractivity contribution in [2.24, 2.45) is 0 Å². The lowest BCUT2D eigenvalue weighted by atomic mass is 9.84. The largest absolute Gasteiger partial charge is 0.376 e. The van der Waals surface area contributed by atoms with Crippen molar-refractivity contribution in [3.63, 3.8) is 0 Å². The number of benzene rings is 2. The predicted octanol–water partition coefficient (Wildman–Crippen LogP) is 5.17. The Morgan fingerprint density at radius 2 is 1.70 bits per heavy atom. The first-order valence-electron chi connectivity index (χ1n) is 7.87. The normalized spacial score (nSPS) is 13.0. The van der Waals surface area contributed by atoms with Crippen LogP contribution in [0.3, 0.4) is 0 Å². The minimum absolute atomic E-state index is 0.252. The lowest BCUT2D eigenvalue weighted by molar-refractivity contribution is -0.0103. The number of rotatable bonds is 9. The van der Waals surface area contributed by atoms with Crippen LogP contribution in [0.1, 0.15) is 17.5 Å². The van der Waals surface area contributed by atoms with Gasteiger partial charge in [-0.1, -0.05) is 70.5 Å². The number of hydrogen-bond donors (Lipinski definition) is 0. The lowest BCUT2D eigenvalue weighted by Crippen LogP contribution is -2.45. The molecule has 0 aliphatic carbocycles. The molecule has 0 bridgehead atoms. The summed E-state index contributed by atoms with van der Waals surface area (Å²) in [5, 5.41) is 0. The molecule has 0 fully saturated rings. The van der Waals surface area contributed by atoms with Crippen LogP contribution in [0.25, 0.3) is 0 Å². The molecule has 23 heavy (non-hydrogen) atoms. The molecule has 2 rings (SSSR count). The van der Waals surface area contributed by atoms with Gasteiger partial charge in [-0.15, -0.1) is 0 Å². The zero-order valence-corrected chi connectivity index (χ0v) is 16.2. The van der Waals surface area contributed by atoms with E-state index in [1.54, 1.807) is 0 Å². The molecule has 0 N–H and O–H groups in total. The average Bonchev–Trinajstić information content (AvgIpc) is 2.60. The maximum Gasteiger partial charge on any atom is 0.0883 e. The summed E-state index contributed by atoms with van der Waals surface area (Å²) >= 11 is 5.81. The van der Waals surface area contributed by atoms with Gasteiger partial charge in [0.1, 0.15) is 0 Å². The van der Waals surface area contributed by atoms with Crippen LogP contribution < -0.4 is 0 Å². The molecule has 0 amide bonds. The van der Waals surface area contributed by atoms with E-state index in [4.69, 9.17) is 4.74 Å². The average molecular weight is 392 g/mol. The lowest BCUT2D eigenvalue weighted by Gasteiger charge is -2.37. The van der Waals surface area contributed by atoms with Gasteiger partial charge in [-0.05, 0) is 35.6 Å². The number of halogens is 1. The molecule has 0 saturated carbocycles. The van der Waals surface area contributed by atoms with E-state index in [0.717, 1.165) is 25.0 Å². The second-order valence-corrected chi connectivity index (χ2v) is 7.86. The van der Waals surface area contributed by atoms with Gasteiger partial charge in [0.25, 0.3) is 0 Å². The first-order valence-corrected chi connectivity index (χ1v) is 10.2. The molecule has 0 saturated heterocycles. The van der Waals surface area contributed by atoms with E-state index in [-0.39, 0.29) is 5.60 Å². The Hall–Kier alpha value is -0.770. The van der Waals surface area contributed by atoms with E-state index in [1.807, 2.05) is 31.0 Å². The highest BCUT2D eigenvalue weighted by Crippen LogP contribution is 2.33. The Balaban J connectivity index is 2.27. The van der Waals surface area contributed by atoms with Gasteiger partial charge in [0.2, 0.25) is 0 Å². The van der Waals surface area contributed by atoms with Crippen LogP contribution in [0.4, 0.5) is 0 Å². The molecule has 2 aromatic carbocycles. The van der Waals surface area contributed by atoms with Gasteiger partial charge in [0.15, 0.2) is 0 Å². The molecule has 3 heteroatoms. The predicted molar refractivity (Wildman–Crippen MR) is 105 cm³/mol. The smallest absolute Gasteiger partial charge is 0.0883 e. The Morgan fingerprint density at radius 1 is 1.09 bits per heavy atom. The highest BCUT2D eigenvalue weighted by atomic mass is 79.9. The van der Waals surface area contributed by atoms with E-state index >= 15 is 0 Å². The monoisotopic (exact) mass is 391 g/mol. The van der Waals surface area contributed by atoms with Crippen molar-refractivity contribution < 1.29 is 4.74 Å². The van der Waals surface area contributed by atoms with E-state index in [1.165, 1.54) is 11.1 Å². The standard InChI is InChI=1S/C20H24BrOS/c1-22-20(19(21)13-14-23-2,15-17-9-5-3-6-10-17)16-18-11-7-4-8-12-18/h3,5-12,19H,13-16H2,1-2H3. The van der Waals surface area contributed by atoms with Gasteiger partial charge < -0.3 is 4.74 Å². The van der Waals surface area contributed by atoms with Crippen LogP contribution in [0, 0.1) is 6.07 Å². The van der Waals surface area contributed by atoms with Crippen LogP contribution in [-0.4, -0.2) is 29.5 Å². The number of ether oxygens (including phenoxy) is 1. The number of hydrogen-bond acceptors (Lipinski definition) is 2. The molecule has 2 atom stereocenters. The minimum Gasteiger partial charge on any atom is -0.376 e. The Bertz CT molecular complexity index is 517. The van der Waals surface area contributed by atoms with E-state index < -0.39 is 0 Å². The topological polar surface area (TPSA) is 9.23 Å². The number of thioether (sulfide) groups is 1.